The molecule has 0 fully saturated rings. The van der Waals surface area contributed by atoms with E-state index in [4.69, 9.17) is 10.8 Å². The summed E-state index contributed by atoms with van der Waals surface area (Å²) in [4.78, 5) is 13.3. The molecule has 0 unspecified atom stereocenters. The van der Waals surface area contributed by atoms with Gasteiger partial charge in [0.25, 0.3) is 20.2 Å². The summed E-state index contributed by atoms with van der Waals surface area (Å²) in [6.07, 6.45) is 2.18. The summed E-state index contributed by atoms with van der Waals surface area (Å²) in [5.74, 6) is -2.64. The van der Waals surface area contributed by atoms with Crippen molar-refractivity contribution < 1.29 is 46.1 Å². The van der Waals surface area contributed by atoms with E-state index in [1.165, 1.54) is 36.4 Å². The van der Waals surface area contributed by atoms with Crippen LogP contribution in [0, 0.1) is 0 Å². The molecule has 0 aliphatic carbocycles. The van der Waals surface area contributed by atoms with E-state index < -0.39 is 58.9 Å². The molecule has 0 spiro atoms. The summed E-state index contributed by atoms with van der Waals surface area (Å²) in [5.41, 5.74) is 4.40. The topological polar surface area (TPSA) is 275 Å². The molecule has 224 valence electrons. The first-order valence-corrected chi connectivity index (χ1v) is 14.8. The second-order valence-corrected chi connectivity index (χ2v) is 11.9. The molecule has 16 nitrogen and oxygen atoms in total. The third-order valence-corrected chi connectivity index (χ3v) is 7.90. The maximum atomic E-state index is 12.2. The smallest absolute Gasteiger partial charge is 0.337 e. The van der Waals surface area contributed by atoms with Crippen LogP contribution >= 0.6 is 0 Å². The van der Waals surface area contributed by atoms with Gasteiger partial charge in [0.15, 0.2) is 11.5 Å². The number of benzene rings is 4. The molecule has 44 heavy (non-hydrogen) atoms. The number of hydrogen-bond acceptors (Lipinski definition) is 13. The molecule has 0 saturated carbocycles. The zero-order chi connectivity index (χ0) is 32.0. The highest BCUT2D eigenvalue weighted by Crippen LogP contribution is 2.44. The van der Waals surface area contributed by atoms with E-state index >= 15 is 0 Å². The molecule has 4 aromatic carbocycles. The number of phenols is 2. The molecule has 18 heteroatoms. The van der Waals surface area contributed by atoms with E-state index in [2.05, 4.69) is 25.4 Å². The van der Waals surface area contributed by atoms with E-state index in [0.29, 0.717) is 0 Å². The van der Waals surface area contributed by atoms with E-state index in [-0.39, 0.29) is 44.2 Å². The van der Waals surface area contributed by atoms with E-state index in [0.717, 1.165) is 30.6 Å². The number of azo groups is 2. The fourth-order valence-corrected chi connectivity index (χ4v) is 5.49. The third kappa shape index (κ3) is 5.85. The molecule has 0 amide bonds. The van der Waals surface area contributed by atoms with Gasteiger partial charge >= 0.3 is 5.97 Å². The first-order chi connectivity index (χ1) is 20.6. The van der Waals surface area contributed by atoms with Crippen molar-refractivity contribution in [1.29, 1.82) is 0 Å². The first kappa shape index (κ1) is 29.9. The Morgan fingerprint density at radius 2 is 1.20 bits per heavy atom. The minimum absolute atomic E-state index is 0.00766. The van der Waals surface area contributed by atoms with Crippen molar-refractivity contribution in [1.82, 2.24) is 4.98 Å². The van der Waals surface area contributed by atoms with Crippen LogP contribution in [-0.4, -0.2) is 52.2 Å². The summed E-state index contributed by atoms with van der Waals surface area (Å²) < 4.78 is 68.1. The highest BCUT2D eigenvalue weighted by atomic mass is 32.2. The molecule has 0 aliphatic rings. The molecule has 0 radical (unpaired) electrons. The SMILES string of the molecule is Nc1ccc2c(O)c(N=Nc3ccc4c(O)c(N=Nc5cncc(C(=O)O)c5)c(S(=O)(=O)O)cc4c3)c(S(=O)(=O)O)cc2c1. The molecule has 1 heterocycles. The number of carboxylic acid groups (broad SMARTS) is 1. The van der Waals surface area contributed by atoms with Gasteiger partial charge in [0, 0.05) is 22.7 Å². The Hall–Kier alpha value is -5.56. The Kier molecular flexibility index (Phi) is 7.43. The van der Waals surface area contributed by atoms with Gasteiger partial charge in [-0.15, -0.1) is 15.3 Å². The number of nitrogen functional groups attached to an aromatic ring is 1. The molecule has 5 rings (SSSR count). The largest absolute Gasteiger partial charge is 0.505 e. The number of aromatic carboxylic acids is 1. The average Bonchev–Trinajstić information content (AvgIpc) is 2.94. The predicted molar refractivity (Wildman–Crippen MR) is 155 cm³/mol. The molecule has 7 N–H and O–H groups in total. The Bertz CT molecular complexity index is 2310. The lowest BCUT2D eigenvalue weighted by atomic mass is 10.1. The number of carboxylic acids is 1. The number of fused-ring (bicyclic) bond motifs is 2. The number of nitrogens with two attached hydrogens (primary N) is 1. The molecule has 5 aromatic rings. The average molecular weight is 639 g/mol. The quantitative estimate of drug-likeness (QED) is 0.0742. The first-order valence-electron chi connectivity index (χ1n) is 11.9. The van der Waals surface area contributed by atoms with E-state index in [1.807, 2.05) is 0 Å². The van der Waals surface area contributed by atoms with Crippen LogP contribution < -0.4 is 5.73 Å². The number of aromatic nitrogens is 1. The van der Waals surface area contributed by atoms with E-state index in [1.54, 1.807) is 0 Å². The van der Waals surface area contributed by atoms with Gasteiger partial charge in [0.2, 0.25) is 0 Å². The summed E-state index contributed by atoms with van der Waals surface area (Å²) in [6.45, 7) is 0. The van der Waals surface area contributed by atoms with Crippen LogP contribution in [0.15, 0.2) is 97.2 Å². The lowest BCUT2D eigenvalue weighted by Gasteiger charge is -2.10. The molecular weight excluding hydrogens is 620 g/mol. The molecular formula is C26H18N6O10S2. The van der Waals surface area contributed by atoms with Gasteiger partial charge < -0.3 is 21.1 Å². The summed E-state index contributed by atoms with van der Waals surface area (Å²) in [5, 5.41) is 46.3. The van der Waals surface area contributed by atoms with Crippen LogP contribution in [0.5, 0.6) is 11.5 Å². The predicted octanol–water partition coefficient (Wildman–Crippen LogP) is 5.40. The lowest BCUT2D eigenvalue weighted by Crippen LogP contribution is -1.99. The van der Waals surface area contributed by atoms with Crippen molar-refractivity contribution in [2.75, 3.05) is 5.73 Å². The third-order valence-electron chi connectivity index (χ3n) is 6.17. The van der Waals surface area contributed by atoms with Crippen molar-refractivity contribution in [3.63, 3.8) is 0 Å². The zero-order valence-corrected chi connectivity index (χ0v) is 23.4. The standard InChI is InChI=1S/C26H18N6O10S2/c27-15-1-3-18-12(5-15)8-20(43(37,38)39)22(24(18)33)31-29-16-2-4-19-13(6-16)9-21(44(40,41)42)23(25(19)34)32-30-17-7-14(26(35)36)10-28-11-17/h1-11,33-34H,27H2,(H,35,36)(H,37,38,39)(H,40,41,42). The summed E-state index contributed by atoms with van der Waals surface area (Å²) in [6, 6.07) is 11.1. The number of nitrogens with zero attached hydrogens (tertiary/aromatic N) is 5. The van der Waals surface area contributed by atoms with Crippen LogP contribution in [0.4, 0.5) is 28.4 Å². The normalized spacial score (nSPS) is 12.5. The highest BCUT2D eigenvalue weighted by molar-refractivity contribution is 7.86. The second-order valence-electron chi connectivity index (χ2n) is 9.12. The molecule has 0 bridgehead atoms. The monoisotopic (exact) mass is 638 g/mol. The van der Waals surface area contributed by atoms with Crippen molar-refractivity contribution >= 4 is 76.2 Å². The van der Waals surface area contributed by atoms with Crippen molar-refractivity contribution in [2.45, 2.75) is 9.79 Å². The fourth-order valence-electron chi connectivity index (χ4n) is 4.17. The summed E-state index contributed by atoms with van der Waals surface area (Å²) in [7, 11) is -9.91. The van der Waals surface area contributed by atoms with Crippen LogP contribution in [0.25, 0.3) is 21.5 Å². The lowest BCUT2D eigenvalue weighted by molar-refractivity contribution is 0.0696. The number of carbonyl (C=O) groups is 1. The van der Waals surface area contributed by atoms with Gasteiger partial charge in [0.1, 0.15) is 26.9 Å². The maximum Gasteiger partial charge on any atom is 0.337 e. The number of phenolic OH excluding ortho intramolecular Hbond substituents is 2. The van der Waals surface area contributed by atoms with Gasteiger partial charge in [-0.25, -0.2) is 4.79 Å². The Morgan fingerprint density at radius 1 is 0.682 bits per heavy atom. The number of rotatable bonds is 7. The fraction of sp³-hybridized carbons (Fsp3) is 0. The van der Waals surface area contributed by atoms with Crippen LogP contribution in [-0.2, 0) is 20.2 Å². The second kappa shape index (κ2) is 10.9. The minimum atomic E-state index is -5.01. The zero-order valence-electron chi connectivity index (χ0n) is 21.8. The van der Waals surface area contributed by atoms with Crippen molar-refractivity contribution in [3.05, 3.63) is 72.6 Å². The van der Waals surface area contributed by atoms with Crippen LogP contribution in [0.2, 0.25) is 0 Å². The minimum Gasteiger partial charge on any atom is -0.505 e. The van der Waals surface area contributed by atoms with Crippen molar-refractivity contribution in [3.8, 4) is 11.5 Å². The van der Waals surface area contributed by atoms with Crippen LogP contribution in [0.1, 0.15) is 10.4 Å². The van der Waals surface area contributed by atoms with Gasteiger partial charge in [-0.3, -0.25) is 14.1 Å². The van der Waals surface area contributed by atoms with E-state index in [9.17, 15) is 40.9 Å². The number of hydrogen-bond donors (Lipinski definition) is 6. The summed E-state index contributed by atoms with van der Waals surface area (Å²) >= 11 is 0. The van der Waals surface area contributed by atoms with Gasteiger partial charge in [0.05, 0.1) is 17.4 Å². The van der Waals surface area contributed by atoms with Crippen LogP contribution in [0.3, 0.4) is 0 Å². The molecule has 0 atom stereocenters. The van der Waals surface area contributed by atoms with Gasteiger partial charge in [-0.1, -0.05) is 0 Å². The Morgan fingerprint density at radius 3 is 1.75 bits per heavy atom. The Labute approximate surface area is 247 Å². The van der Waals surface area contributed by atoms with Gasteiger partial charge in [-0.2, -0.15) is 21.9 Å². The highest BCUT2D eigenvalue weighted by Gasteiger charge is 2.24. The van der Waals surface area contributed by atoms with Gasteiger partial charge in [-0.05, 0) is 65.4 Å². The Balaban J connectivity index is 1.61. The maximum absolute atomic E-state index is 12.2. The number of aromatic hydroxyl groups is 2. The number of anilines is 1. The number of pyridine rings is 1. The van der Waals surface area contributed by atoms with Crippen molar-refractivity contribution in [2.24, 2.45) is 20.5 Å². The molecule has 0 saturated heterocycles. The molecule has 0 aliphatic heterocycles. The molecule has 1 aromatic heterocycles.